The molecule has 0 unspecified atom stereocenters. The predicted molar refractivity (Wildman–Crippen MR) is 76.0 cm³/mol. The van der Waals surface area contributed by atoms with Crippen LogP contribution in [0.25, 0.3) is 0 Å². The van der Waals surface area contributed by atoms with Crippen molar-refractivity contribution >= 4 is 21.6 Å². The van der Waals surface area contributed by atoms with Crippen molar-refractivity contribution in [1.29, 1.82) is 5.26 Å². The molecule has 3 N–H and O–H groups in total. The summed E-state index contributed by atoms with van der Waals surface area (Å²) in [6, 6.07) is 11.9. The molecule has 19 heavy (non-hydrogen) atoms. The molecule has 5 heteroatoms. The molecule has 0 spiro atoms. The number of nitrogens with one attached hydrogen (secondary N) is 1. The molecule has 4 nitrogen and oxygen atoms in total. The van der Waals surface area contributed by atoms with Crippen LogP contribution in [-0.2, 0) is 6.54 Å². The van der Waals surface area contributed by atoms with E-state index in [0.29, 0.717) is 23.4 Å². The van der Waals surface area contributed by atoms with Gasteiger partial charge in [-0.1, -0.05) is 15.9 Å². The highest BCUT2D eigenvalue weighted by Gasteiger charge is 2.05. The second-order valence-electron chi connectivity index (χ2n) is 3.97. The maximum Gasteiger partial charge on any atom is 0.124 e. The van der Waals surface area contributed by atoms with Crippen LogP contribution in [-0.4, -0.2) is 10.2 Å². The van der Waals surface area contributed by atoms with Gasteiger partial charge in [-0.3, -0.25) is 0 Å². The largest absolute Gasteiger partial charge is 0.508 e. The highest BCUT2D eigenvalue weighted by molar-refractivity contribution is 9.10. The minimum Gasteiger partial charge on any atom is -0.508 e. The normalized spacial score (nSPS) is 9.89. The lowest BCUT2D eigenvalue weighted by Crippen LogP contribution is -2.01. The van der Waals surface area contributed by atoms with Crippen molar-refractivity contribution in [1.82, 2.24) is 0 Å². The third-order valence-electron chi connectivity index (χ3n) is 2.64. The van der Waals surface area contributed by atoms with Gasteiger partial charge in [-0.05, 0) is 30.3 Å². The van der Waals surface area contributed by atoms with E-state index >= 15 is 0 Å². The van der Waals surface area contributed by atoms with Gasteiger partial charge in [0.2, 0.25) is 0 Å². The second-order valence-corrected chi connectivity index (χ2v) is 4.88. The van der Waals surface area contributed by atoms with E-state index in [0.717, 1.165) is 4.47 Å². The lowest BCUT2D eigenvalue weighted by molar-refractivity contribution is 0.446. The van der Waals surface area contributed by atoms with Gasteiger partial charge in [0.05, 0.1) is 11.3 Å². The van der Waals surface area contributed by atoms with Gasteiger partial charge >= 0.3 is 0 Å². The first-order valence-corrected chi connectivity index (χ1v) is 6.34. The van der Waals surface area contributed by atoms with Crippen molar-refractivity contribution in [3.63, 3.8) is 0 Å². The molecule has 0 amide bonds. The van der Waals surface area contributed by atoms with E-state index in [1.54, 1.807) is 18.2 Å². The lowest BCUT2D eigenvalue weighted by atomic mass is 10.1. The SMILES string of the molecule is N#Cc1cc(Br)ccc1NCc1ccc(O)cc1O. The summed E-state index contributed by atoms with van der Waals surface area (Å²) >= 11 is 3.31. The maximum atomic E-state index is 9.67. The fourth-order valence-corrected chi connectivity index (χ4v) is 2.02. The number of phenols is 2. The summed E-state index contributed by atoms with van der Waals surface area (Å²) in [5, 5.41) is 31.0. The van der Waals surface area contributed by atoms with Gasteiger partial charge in [0.1, 0.15) is 17.6 Å². The highest BCUT2D eigenvalue weighted by atomic mass is 79.9. The van der Waals surface area contributed by atoms with Crippen LogP contribution in [0.1, 0.15) is 11.1 Å². The Morgan fingerprint density at radius 2 is 1.95 bits per heavy atom. The van der Waals surface area contributed by atoms with Crippen molar-refractivity contribution in [2.75, 3.05) is 5.32 Å². The Kier molecular flexibility index (Phi) is 3.93. The molecule has 0 atom stereocenters. The average molecular weight is 319 g/mol. The summed E-state index contributed by atoms with van der Waals surface area (Å²) in [4.78, 5) is 0. The Morgan fingerprint density at radius 3 is 2.63 bits per heavy atom. The topological polar surface area (TPSA) is 76.3 Å². The van der Waals surface area contributed by atoms with Crippen LogP contribution in [0.15, 0.2) is 40.9 Å². The molecule has 2 aromatic carbocycles. The van der Waals surface area contributed by atoms with Crippen molar-refractivity contribution in [2.24, 2.45) is 0 Å². The fourth-order valence-electron chi connectivity index (χ4n) is 1.66. The van der Waals surface area contributed by atoms with Gasteiger partial charge in [-0.2, -0.15) is 5.26 Å². The lowest BCUT2D eigenvalue weighted by Gasteiger charge is -2.10. The van der Waals surface area contributed by atoms with Crippen LogP contribution in [0.3, 0.4) is 0 Å². The smallest absolute Gasteiger partial charge is 0.124 e. The molecule has 0 saturated heterocycles. The number of halogens is 1. The molecule has 96 valence electrons. The van der Waals surface area contributed by atoms with Gasteiger partial charge in [-0.15, -0.1) is 0 Å². The molecule has 0 aliphatic carbocycles. The zero-order chi connectivity index (χ0) is 13.8. The van der Waals surface area contributed by atoms with E-state index in [1.165, 1.54) is 12.1 Å². The summed E-state index contributed by atoms with van der Waals surface area (Å²) in [5.74, 6) is 0.0331. The minimum atomic E-state index is 0.0163. The molecule has 0 aliphatic rings. The van der Waals surface area contributed by atoms with Gasteiger partial charge in [-0.25, -0.2) is 0 Å². The fraction of sp³-hybridized carbons (Fsp3) is 0.0714. The van der Waals surface area contributed by atoms with Crippen molar-refractivity contribution in [3.05, 3.63) is 52.0 Å². The molecule has 0 aliphatic heterocycles. The molecule has 2 aromatic rings. The highest BCUT2D eigenvalue weighted by Crippen LogP contribution is 2.25. The summed E-state index contributed by atoms with van der Waals surface area (Å²) < 4.78 is 0.835. The molecule has 0 aromatic heterocycles. The van der Waals surface area contributed by atoms with E-state index in [4.69, 9.17) is 5.26 Å². The molecular formula is C14H11BrN2O2. The number of rotatable bonds is 3. The number of aromatic hydroxyl groups is 2. The maximum absolute atomic E-state index is 9.67. The quantitative estimate of drug-likeness (QED) is 0.811. The third-order valence-corrected chi connectivity index (χ3v) is 3.13. The van der Waals surface area contributed by atoms with E-state index < -0.39 is 0 Å². The van der Waals surface area contributed by atoms with E-state index in [2.05, 4.69) is 27.3 Å². The number of phenolic OH excluding ortho intramolecular Hbond substituents is 2. The van der Waals surface area contributed by atoms with Crippen LogP contribution in [0.4, 0.5) is 5.69 Å². The van der Waals surface area contributed by atoms with Crippen LogP contribution in [0.2, 0.25) is 0 Å². The summed E-state index contributed by atoms with van der Waals surface area (Å²) in [5.41, 5.74) is 1.86. The first kappa shape index (κ1) is 13.2. The number of hydrogen-bond acceptors (Lipinski definition) is 4. The Morgan fingerprint density at radius 1 is 1.16 bits per heavy atom. The Bertz CT molecular complexity index is 650. The number of nitriles is 1. The Balaban J connectivity index is 2.17. The average Bonchev–Trinajstić information content (AvgIpc) is 2.39. The van der Waals surface area contributed by atoms with Crippen LogP contribution >= 0.6 is 15.9 Å². The second kappa shape index (κ2) is 5.63. The summed E-state index contributed by atoms with van der Waals surface area (Å²) in [6.07, 6.45) is 0. The molecule has 0 radical (unpaired) electrons. The van der Waals surface area contributed by atoms with E-state index in [-0.39, 0.29) is 11.5 Å². The van der Waals surface area contributed by atoms with Gasteiger partial charge in [0, 0.05) is 22.6 Å². The van der Waals surface area contributed by atoms with Gasteiger partial charge < -0.3 is 15.5 Å². The molecule has 0 heterocycles. The Hall–Kier alpha value is -2.19. The van der Waals surface area contributed by atoms with Gasteiger partial charge in [0.15, 0.2) is 0 Å². The third kappa shape index (κ3) is 3.18. The van der Waals surface area contributed by atoms with Crippen LogP contribution in [0.5, 0.6) is 11.5 Å². The zero-order valence-corrected chi connectivity index (χ0v) is 11.5. The van der Waals surface area contributed by atoms with Gasteiger partial charge in [0.25, 0.3) is 0 Å². The summed E-state index contributed by atoms with van der Waals surface area (Å²) in [6.45, 7) is 0.364. The number of benzene rings is 2. The summed E-state index contributed by atoms with van der Waals surface area (Å²) in [7, 11) is 0. The predicted octanol–water partition coefficient (Wildman–Crippen LogP) is 3.34. The monoisotopic (exact) mass is 318 g/mol. The Labute approximate surface area is 119 Å². The minimum absolute atomic E-state index is 0.0163. The van der Waals surface area contributed by atoms with Crippen molar-refractivity contribution < 1.29 is 10.2 Å². The van der Waals surface area contributed by atoms with E-state index in [9.17, 15) is 10.2 Å². The van der Waals surface area contributed by atoms with Crippen molar-refractivity contribution in [3.8, 4) is 17.6 Å². The molecular weight excluding hydrogens is 308 g/mol. The number of anilines is 1. The van der Waals surface area contributed by atoms with E-state index in [1.807, 2.05) is 6.07 Å². The van der Waals surface area contributed by atoms with Crippen molar-refractivity contribution in [2.45, 2.75) is 6.54 Å². The van der Waals surface area contributed by atoms with Crippen LogP contribution < -0.4 is 5.32 Å². The number of nitrogens with zero attached hydrogens (tertiary/aromatic N) is 1. The standard InChI is InChI=1S/C14H11BrN2O2/c15-11-2-4-13(10(5-11)7-16)17-8-9-1-3-12(18)6-14(9)19/h1-6,17-19H,8H2. The molecule has 0 bridgehead atoms. The first-order chi connectivity index (χ1) is 9.10. The number of hydrogen-bond donors (Lipinski definition) is 3. The zero-order valence-electron chi connectivity index (χ0n) is 9.89. The van der Waals surface area contributed by atoms with Crippen LogP contribution in [0, 0.1) is 11.3 Å². The first-order valence-electron chi connectivity index (χ1n) is 5.54. The molecule has 2 rings (SSSR count). The molecule has 0 fully saturated rings. The molecule has 0 saturated carbocycles.